The van der Waals surface area contributed by atoms with Gasteiger partial charge in [-0.3, -0.25) is 9.88 Å². The van der Waals surface area contributed by atoms with Crippen LogP contribution in [0.15, 0.2) is 24.4 Å². The van der Waals surface area contributed by atoms with Crippen molar-refractivity contribution in [1.29, 1.82) is 0 Å². The summed E-state index contributed by atoms with van der Waals surface area (Å²) in [5.41, 5.74) is 1.26. The van der Waals surface area contributed by atoms with Crippen molar-refractivity contribution in [1.82, 2.24) is 9.88 Å². The lowest BCUT2D eigenvalue weighted by Crippen LogP contribution is -2.24. The maximum absolute atomic E-state index is 4.48. The highest BCUT2D eigenvalue weighted by molar-refractivity contribution is 5.10. The molecular formula is C13H20N2. The van der Waals surface area contributed by atoms with E-state index in [0.29, 0.717) is 6.04 Å². The van der Waals surface area contributed by atoms with Crippen molar-refractivity contribution >= 4 is 0 Å². The van der Waals surface area contributed by atoms with Crippen molar-refractivity contribution in [3.8, 4) is 0 Å². The Balaban J connectivity index is 2.01. The van der Waals surface area contributed by atoms with Crippen LogP contribution >= 0.6 is 0 Å². The van der Waals surface area contributed by atoms with E-state index < -0.39 is 0 Å². The van der Waals surface area contributed by atoms with Crippen LogP contribution in [-0.2, 0) is 0 Å². The number of pyridine rings is 1. The average Bonchev–Trinajstić information content (AvgIpc) is 2.75. The molecule has 2 heterocycles. The summed E-state index contributed by atoms with van der Waals surface area (Å²) in [5, 5.41) is 0. The zero-order chi connectivity index (χ0) is 10.5. The number of hydrogen-bond donors (Lipinski definition) is 0. The molecule has 1 unspecified atom stereocenters. The van der Waals surface area contributed by atoms with Gasteiger partial charge in [0, 0.05) is 6.20 Å². The molecule has 0 N–H and O–H groups in total. The monoisotopic (exact) mass is 204 g/mol. The number of nitrogens with zero attached hydrogens (tertiary/aromatic N) is 2. The average molecular weight is 204 g/mol. The molecule has 0 aromatic carbocycles. The largest absolute Gasteiger partial charge is 0.295 e. The summed E-state index contributed by atoms with van der Waals surface area (Å²) < 4.78 is 0. The van der Waals surface area contributed by atoms with Gasteiger partial charge < -0.3 is 0 Å². The number of unbranched alkanes of at least 4 members (excludes halogenated alkanes) is 1. The predicted octanol–water partition coefficient (Wildman–Crippen LogP) is 3.02. The first-order valence-corrected chi connectivity index (χ1v) is 6.07. The zero-order valence-corrected chi connectivity index (χ0v) is 9.52. The Morgan fingerprint density at radius 2 is 2.40 bits per heavy atom. The van der Waals surface area contributed by atoms with Crippen LogP contribution in [-0.4, -0.2) is 23.0 Å². The van der Waals surface area contributed by atoms with Crippen molar-refractivity contribution < 1.29 is 0 Å². The van der Waals surface area contributed by atoms with Gasteiger partial charge in [-0.25, -0.2) is 0 Å². The maximum Gasteiger partial charge on any atom is 0.0575 e. The van der Waals surface area contributed by atoms with Crippen LogP contribution in [0.3, 0.4) is 0 Å². The van der Waals surface area contributed by atoms with Gasteiger partial charge in [-0.1, -0.05) is 19.4 Å². The second-order valence-corrected chi connectivity index (χ2v) is 4.30. The van der Waals surface area contributed by atoms with Crippen LogP contribution in [0, 0.1) is 0 Å². The van der Waals surface area contributed by atoms with Crippen molar-refractivity contribution in [3.63, 3.8) is 0 Å². The minimum Gasteiger partial charge on any atom is -0.295 e. The van der Waals surface area contributed by atoms with Gasteiger partial charge in [-0.05, 0) is 44.5 Å². The van der Waals surface area contributed by atoms with Crippen LogP contribution < -0.4 is 0 Å². The Labute approximate surface area is 92.3 Å². The summed E-state index contributed by atoms with van der Waals surface area (Å²) in [6, 6.07) is 6.83. The van der Waals surface area contributed by atoms with Gasteiger partial charge in [-0.15, -0.1) is 0 Å². The Bertz CT molecular complexity index is 284. The minimum absolute atomic E-state index is 0.581. The Morgan fingerprint density at radius 3 is 3.13 bits per heavy atom. The fraction of sp³-hybridized carbons (Fsp3) is 0.615. The second kappa shape index (κ2) is 5.26. The van der Waals surface area contributed by atoms with Crippen LogP contribution in [0.4, 0.5) is 0 Å². The molecule has 2 rings (SSSR count). The molecule has 1 fully saturated rings. The van der Waals surface area contributed by atoms with Gasteiger partial charge >= 0.3 is 0 Å². The summed E-state index contributed by atoms with van der Waals surface area (Å²) in [4.78, 5) is 7.07. The summed E-state index contributed by atoms with van der Waals surface area (Å²) in [5.74, 6) is 0. The lowest BCUT2D eigenvalue weighted by Gasteiger charge is -2.23. The number of rotatable bonds is 4. The van der Waals surface area contributed by atoms with Gasteiger partial charge in [-0.2, -0.15) is 0 Å². The van der Waals surface area contributed by atoms with Crippen molar-refractivity contribution in [2.24, 2.45) is 0 Å². The Hall–Kier alpha value is -0.890. The fourth-order valence-electron chi connectivity index (χ4n) is 2.36. The third-order valence-electron chi connectivity index (χ3n) is 3.19. The molecule has 15 heavy (non-hydrogen) atoms. The lowest BCUT2D eigenvalue weighted by molar-refractivity contribution is 0.249. The SMILES string of the molecule is CCCCN1CCCC1c1ccccn1. The van der Waals surface area contributed by atoms with Gasteiger partial charge in [0.2, 0.25) is 0 Å². The summed E-state index contributed by atoms with van der Waals surface area (Å²) in [6.07, 6.45) is 7.10. The van der Waals surface area contributed by atoms with E-state index in [1.54, 1.807) is 0 Å². The van der Waals surface area contributed by atoms with Crippen LogP contribution in [0.5, 0.6) is 0 Å². The molecule has 0 aliphatic carbocycles. The van der Waals surface area contributed by atoms with E-state index in [9.17, 15) is 0 Å². The molecule has 1 aliphatic rings. The zero-order valence-electron chi connectivity index (χ0n) is 9.52. The third-order valence-corrected chi connectivity index (χ3v) is 3.19. The van der Waals surface area contributed by atoms with Crippen LogP contribution in [0.1, 0.15) is 44.3 Å². The van der Waals surface area contributed by atoms with E-state index >= 15 is 0 Å². The molecule has 1 atom stereocenters. The van der Waals surface area contributed by atoms with Crippen LogP contribution in [0.25, 0.3) is 0 Å². The number of likely N-dealkylation sites (tertiary alicyclic amines) is 1. The van der Waals surface area contributed by atoms with E-state index in [1.807, 2.05) is 12.3 Å². The molecule has 1 aromatic heterocycles. The molecular weight excluding hydrogens is 184 g/mol. The van der Waals surface area contributed by atoms with E-state index in [1.165, 1.54) is 44.5 Å². The smallest absolute Gasteiger partial charge is 0.0575 e. The van der Waals surface area contributed by atoms with Crippen molar-refractivity contribution in [2.75, 3.05) is 13.1 Å². The first kappa shape index (κ1) is 10.6. The molecule has 0 spiro atoms. The molecule has 1 saturated heterocycles. The van der Waals surface area contributed by atoms with Crippen LogP contribution in [0.2, 0.25) is 0 Å². The number of aromatic nitrogens is 1. The first-order valence-electron chi connectivity index (χ1n) is 6.07. The third kappa shape index (κ3) is 2.57. The summed E-state index contributed by atoms with van der Waals surface area (Å²) >= 11 is 0. The first-order chi connectivity index (χ1) is 7.42. The highest BCUT2D eigenvalue weighted by Crippen LogP contribution is 2.30. The lowest BCUT2D eigenvalue weighted by atomic mass is 10.1. The van der Waals surface area contributed by atoms with E-state index in [-0.39, 0.29) is 0 Å². The topological polar surface area (TPSA) is 16.1 Å². The molecule has 2 heteroatoms. The Morgan fingerprint density at radius 1 is 1.47 bits per heavy atom. The van der Waals surface area contributed by atoms with Crippen molar-refractivity contribution in [2.45, 2.75) is 38.6 Å². The Kier molecular flexibility index (Phi) is 3.73. The molecule has 2 nitrogen and oxygen atoms in total. The normalized spacial score (nSPS) is 22.1. The maximum atomic E-state index is 4.48. The number of hydrogen-bond acceptors (Lipinski definition) is 2. The van der Waals surface area contributed by atoms with Gasteiger partial charge in [0.25, 0.3) is 0 Å². The molecule has 0 bridgehead atoms. The fourth-order valence-corrected chi connectivity index (χ4v) is 2.36. The molecule has 82 valence electrons. The summed E-state index contributed by atoms with van der Waals surface area (Å²) in [7, 11) is 0. The van der Waals surface area contributed by atoms with Gasteiger partial charge in [0.1, 0.15) is 0 Å². The quantitative estimate of drug-likeness (QED) is 0.749. The summed E-state index contributed by atoms with van der Waals surface area (Å²) in [6.45, 7) is 4.74. The molecule has 0 amide bonds. The molecule has 1 aromatic rings. The van der Waals surface area contributed by atoms with Gasteiger partial charge in [0.05, 0.1) is 11.7 Å². The second-order valence-electron chi connectivity index (χ2n) is 4.30. The molecule has 0 saturated carbocycles. The predicted molar refractivity (Wildman–Crippen MR) is 62.7 cm³/mol. The van der Waals surface area contributed by atoms with E-state index in [4.69, 9.17) is 0 Å². The highest BCUT2D eigenvalue weighted by atomic mass is 15.2. The van der Waals surface area contributed by atoms with Crippen molar-refractivity contribution in [3.05, 3.63) is 30.1 Å². The van der Waals surface area contributed by atoms with E-state index in [2.05, 4.69) is 28.9 Å². The molecule has 1 aliphatic heterocycles. The van der Waals surface area contributed by atoms with E-state index in [0.717, 1.165) is 0 Å². The molecule has 0 radical (unpaired) electrons. The van der Waals surface area contributed by atoms with Gasteiger partial charge in [0.15, 0.2) is 0 Å². The standard InChI is InChI=1S/C13H20N2/c1-2-3-10-15-11-6-8-13(15)12-7-4-5-9-14-12/h4-5,7,9,13H,2-3,6,8,10-11H2,1H3. The highest BCUT2D eigenvalue weighted by Gasteiger charge is 2.25. The minimum atomic E-state index is 0.581.